The van der Waals surface area contributed by atoms with Gasteiger partial charge < -0.3 is 5.11 Å². The van der Waals surface area contributed by atoms with E-state index in [-0.39, 0.29) is 17.9 Å². The van der Waals surface area contributed by atoms with E-state index >= 15 is 0 Å². The van der Waals surface area contributed by atoms with Crippen molar-refractivity contribution in [2.45, 2.75) is 6.54 Å². The van der Waals surface area contributed by atoms with Gasteiger partial charge in [0.15, 0.2) is 0 Å². The van der Waals surface area contributed by atoms with Crippen molar-refractivity contribution < 1.29 is 14.8 Å². The molecule has 20 heavy (non-hydrogen) atoms. The van der Waals surface area contributed by atoms with Crippen molar-refractivity contribution in [3.05, 3.63) is 74.2 Å². The third kappa shape index (κ3) is 2.72. The molecule has 0 radical (unpaired) electrons. The van der Waals surface area contributed by atoms with E-state index in [2.05, 4.69) is 0 Å². The van der Waals surface area contributed by atoms with E-state index in [9.17, 15) is 19.7 Å². The maximum Gasteiger partial charge on any atom is 0.352 e. The van der Waals surface area contributed by atoms with Crippen LogP contribution in [0.4, 0.5) is 5.69 Å². The van der Waals surface area contributed by atoms with Crippen LogP contribution in [-0.2, 0) is 6.54 Å². The number of hydrogen-bond donors (Lipinski definition) is 1. The second kappa shape index (κ2) is 5.35. The standard InChI is InChI=1S/C13H10N2O5/c16-12-3-1-2-11(13(17)18)14(12)8-9-4-6-10(7-5-9)15(19)20/h1-7H,8H2,(H,17,18). The Morgan fingerprint density at radius 3 is 2.40 bits per heavy atom. The Balaban J connectivity index is 2.37. The molecule has 0 saturated heterocycles. The lowest BCUT2D eigenvalue weighted by Crippen LogP contribution is -2.25. The van der Waals surface area contributed by atoms with Gasteiger partial charge in [-0.1, -0.05) is 18.2 Å². The zero-order chi connectivity index (χ0) is 14.7. The molecule has 102 valence electrons. The monoisotopic (exact) mass is 274 g/mol. The molecular formula is C13H10N2O5. The van der Waals surface area contributed by atoms with Crippen LogP contribution in [-0.4, -0.2) is 20.6 Å². The second-order valence-electron chi connectivity index (χ2n) is 4.06. The van der Waals surface area contributed by atoms with E-state index < -0.39 is 16.5 Å². The molecule has 0 saturated carbocycles. The molecule has 1 heterocycles. The predicted octanol–water partition coefficient (Wildman–Crippen LogP) is 1.50. The quantitative estimate of drug-likeness (QED) is 0.672. The number of carboxylic acids is 1. The van der Waals surface area contributed by atoms with Crippen molar-refractivity contribution in [3.8, 4) is 0 Å². The van der Waals surface area contributed by atoms with Crippen LogP contribution in [0.1, 0.15) is 16.1 Å². The lowest BCUT2D eigenvalue weighted by atomic mass is 10.2. The number of rotatable bonds is 4. The van der Waals surface area contributed by atoms with Crippen LogP contribution >= 0.6 is 0 Å². The van der Waals surface area contributed by atoms with E-state index in [4.69, 9.17) is 5.11 Å². The molecule has 1 aromatic carbocycles. The maximum absolute atomic E-state index is 11.7. The zero-order valence-electron chi connectivity index (χ0n) is 10.2. The van der Waals surface area contributed by atoms with E-state index in [0.717, 1.165) is 4.57 Å². The van der Waals surface area contributed by atoms with Crippen molar-refractivity contribution in [3.63, 3.8) is 0 Å². The summed E-state index contributed by atoms with van der Waals surface area (Å²) in [6, 6.07) is 9.56. The first-order valence-corrected chi connectivity index (χ1v) is 5.65. The van der Waals surface area contributed by atoms with Crippen molar-refractivity contribution in [2.75, 3.05) is 0 Å². The molecule has 0 fully saturated rings. The smallest absolute Gasteiger partial charge is 0.352 e. The number of nitro groups is 1. The van der Waals surface area contributed by atoms with Crippen LogP contribution in [0, 0.1) is 10.1 Å². The summed E-state index contributed by atoms with van der Waals surface area (Å²) in [7, 11) is 0. The first kappa shape index (κ1) is 13.5. The van der Waals surface area contributed by atoms with Crippen LogP contribution in [0.15, 0.2) is 47.3 Å². The summed E-state index contributed by atoms with van der Waals surface area (Å²) in [5.41, 5.74) is -0.0295. The van der Waals surface area contributed by atoms with Gasteiger partial charge in [-0.2, -0.15) is 0 Å². The lowest BCUT2D eigenvalue weighted by Gasteiger charge is -2.09. The Morgan fingerprint density at radius 2 is 1.85 bits per heavy atom. The Kier molecular flexibility index (Phi) is 3.60. The third-order valence-corrected chi connectivity index (χ3v) is 2.76. The first-order chi connectivity index (χ1) is 9.49. The van der Waals surface area contributed by atoms with Crippen molar-refractivity contribution in [2.24, 2.45) is 0 Å². The van der Waals surface area contributed by atoms with Gasteiger partial charge in [-0.05, 0) is 11.6 Å². The summed E-state index contributed by atoms with van der Waals surface area (Å²) in [5, 5.41) is 19.6. The molecule has 2 rings (SSSR count). The molecule has 7 heteroatoms. The fraction of sp³-hybridized carbons (Fsp3) is 0.0769. The molecule has 0 spiro atoms. The van der Waals surface area contributed by atoms with Gasteiger partial charge in [0, 0.05) is 18.2 Å². The highest BCUT2D eigenvalue weighted by Gasteiger charge is 2.11. The minimum atomic E-state index is -1.20. The molecule has 2 aromatic rings. The lowest BCUT2D eigenvalue weighted by molar-refractivity contribution is -0.384. The molecule has 1 N–H and O–H groups in total. The molecule has 0 aliphatic heterocycles. The van der Waals surface area contributed by atoms with Gasteiger partial charge in [-0.15, -0.1) is 0 Å². The topological polar surface area (TPSA) is 102 Å². The number of nitrogens with zero attached hydrogens (tertiary/aromatic N) is 2. The Hall–Kier alpha value is -2.96. The molecule has 0 amide bonds. The number of nitro benzene ring substituents is 1. The summed E-state index contributed by atoms with van der Waals surface area (Å²) < 4.78 is 1.10. The normalized spacial score (nSPS) is 10.2. The van der Waals surface area contributed by atoms with E-state index in [1.165, 1.54) is 42.5 Å². The number of benzene rings is 1. The van der Waals surface area contributed by atoms with Crippen LogP contribution in [0.5, 0.6) is 0 Å². The highest BCUT2D eigenvalue weighted by Crippen LogP contribution is 2.13. The summed E-state index contributed by atoms with van der Waals surface area (Å²) in [6.07, 6.45) is 0. The first-order valence-electron chi connectivity index (χ1n) is 5.65. The molecule has 0 unspecified atom stereocenters. The third-order valence-electron chi connectivity index (χ3n) is 2.76. The Labute approximate surface area is 112 Å². The second-order valence-corrected chi connectivity index (χ2v) is 4.06. The zero-order valence-corrected chi connectivity index (χ0v) is 10.2. The van der Waals surface area contributed by atoms with Gasteiger partial charge in [0.2, 0.25) is 0 Å². The fourth-order valence-corrected chi connectivity index (χ4v) is 1.78. The number of pyridine rings is 1. The molecule has 0 bridgehead atoms. The van der Waals surface area contributed by atoms with Gasteiger partial charge in [-0.25, -0.2) is 4.79 Å². The summed E-state index contributed by atoms with van der Waals surface area (Å²) in [4.78, 5) is 32.8. The molecule has 7 nitrogen and oxygen atoms in total. The van der Waals surface area contributed by atoms with Crippen molar-refractivity contribution in [1.82, 2.24) is 4.57 Å². The van der Waals surface area contributed by atoms with Crippen molar-refractivity contribution in [1.29, 1.82) is 0 Å². The van der Waals surface area contributed by atoms with Gasteiger partial charge in [0.25, 0.3) is 11.2 Å². The van der Waals surface area contributed by atoms with Gasteiger partial charge >= 0.3 is 5.97 Å². The Morgan fingerprint density at radius 1 is 1.20 bits per heavy atom. The average molecular weight is 274 g/mol. The molecule has 1 aromatic heterocycles. The van der Waals surface area contributed by atoms with Crippen LogP contribution in [0.3, 0.4) is 0 Å². The highest BCUT2D eigenvalue weighted by atomic mass is 16.6. The Bertz CT molecular complexity index is 718. The van der Waals surface area contributed by atoms with E-state index in [1.807, 2.05) is 0 Å². The molecule has 0 aliphatic rings. The van der Waals surface area contributed by atoms with Crippen LogP contribution in [0.2, 0.25) is 0 Å². The highest BCUT2D eigenvalue weighted by molar-refractivity contribution is 5.85. The molecule has 0 aliphatic carbocycles. The number of carboxylic acid groups (broad SMARTS) is 1. The van der Waals surface area contributed by atoms with Crippen molar-refractivity contribution >= 4 is 11.7 Å². The molecule has 0 atom stereocenters. The summed E-state index contributed by atoms with van der Waals surface area (Å²) >= 11 is 0. The number of aromatic carboxylic acids is 1. The van der Waals surface area contributed by atoms with Gasteiger partial charge in [-0.3, -0.25) is 19.5 Å². The van der Waals surface area contributed by atoms with E-state index in [1.54, 1.807) is 0 Å². The number of non-ortho nitro benzene ring substituents is 1. The summed E-state index contributed by atoms with van der Waals surface area (Å²) in [5.74, 6) is -1.20. The van der Waals surface area contributed by atoms with Crippen LogP contribution in [0.25, 0.3) is 0 Å². The largest absolute Gasteiger partial charge is 0.477 e. The maximum atomic E-state index is 11.7. The number of aromatic nitrogens is 1. The summed E-state index contributed by atoms with van der Waals surface area (Å²) in [6.45, 7) is 0.0410. The van der Waals surface area contributed by atoms with Gasteiger partial charge in [0.1, 0.15) is 5.69 Å². The predicted molar refractivity (Wildman–Crippen MR) is 69.9 cm³/mol. The van der Waals surface area contributed by atoms with Gasteiger partial charge in [0.05, 0.1) is 11.5 Å². The number of carbonyl (C=O) groups is 1. The molecular weight excluding hydrogens is 264 g/mol. The minimum Gasteiger partial charge on any atom is -0.477 e. The average Bonchev–Trinajstić information content (AvgIpc) is 2.41. The van der Waals surface area contributed by atoms with Crippen LogP contribution < -0.4 is 5.56 Å². The van der Waals surface area contributed by atoms with E-state index in [0.29, 0.717) is 5.56 Å². The minimum absolute atomic E-state index is 0.0410. The SMILES string of the molecule is O=C(O)c1cccc(=O)n1Cc1ccc([N+](=O)[O-])cc1. The fourth-order valence-electron chi connectivity index (χ4n) is 1.78. The number of hydrogen-bond acceptors (Lipinski definition) is 4.